The van der Waals surface area contributed by atoms with Crippen LogP contribution in [0.15, 0.2) is 42.5 Å². The molecule has 320 valence electrons. The Balaban J connectivity index is 0.754. The van der Waals surface area contributed by atoms with Crippen LogP contribution in [0.2, 0.25) is 0 Å². The predicted molar refractivity (Wildman–Crippen MR) is 225 cm³/mol. The van der Waals surface area contributed by atoms with Crippen LogP contribution in [-0.4, -0.2) is 148 Å². The number of imide groups is 2. The first-order valence-corrected chi connectivity index (χ1v) is 21.5. The standard InChI is InChI=1S/C43H52N12O6/c1-50-21-22-54(43(50)61)31-3-2-16-53(25-31)42-47-38(36(37(44)57)48-49-42)45-29-6-4-27(5-7-29)28-14-17-51(18-15-28)24-26-12-19-52(20-13-26)30-8-9-32-33(23-30)41(60)55(40(32)59)34-10-11-35(56)46-39(34)58/h4-9,23,26,28,31,34H,2-3,10-22,24-25H2,1H3,(H2,44,57)(H,45,47,49)(H,46,56,58). The van der Waals surface area contributed by atoms with Crippen LogP contribution in [0.25, 0.3) is 0 Å². The molecule has 0 spiro atoms. The molecule has 0 aliphatic carbocycles. The van der Waals surface area contributed by atoms with Gasteiger partial charge in [0.25, 0.3) is 17.7 Å². The minimum atomic E-state index is -0.974. The number of hydrogen-bond donors (Lipinski definition) is 3. The van der Waals surface area contributed by atoms with Crippen LogP contribution < -0.4 is 26.2 Å². The molecular formula is C43H52N12O6. The van der Waals surface area contributed by atoms with E-state index in [-0.39, 0.29) is 36.4 Å². The number of anilines is 4. The van der Waals surface area contributed by atoms with Gasteiger partial charge in [0, 0.05) is 70.7 Å². The molecule has 3 aromatic rings. The number of primary amides is 1. The summed E-state index contributed by atoms with van der Waals surface area (Å²) in [5.41, 5.74) is 9.18. The van der Waals surface area contributed by atoms with Crippen LogP contribution in [0.4, 0.5) is 27.9 Å². The smallest absolute Gasteiger partial charge is 0.320 e. The summed E-state index contributed by atoms with van der Waals surface area (Å²) in [6.07, 6.45) is 6.19. The first-order chi connectivity index (χ1) is 29.5. The van der Waals surface area contributed by atoms with Crippen molar-refractivity contribution in [1.29, 1.82) is 0 Å². The molecule has 18 nitrogen and oxygen atoms in total. The summed E-state index contributed by atoms with van der Waals surface area (Å²) in [5, 5.41) is 13.9. The van der Waals surface area contributed by atoms with Crippen LogP contribution in [0.5, 0.6) is 0 Å². The molecule has 7 heterocycles. The summed E-state index contributed by atoms with van der Waals surface area (Å²) in [6.45, 7) is 7.51. The Hall–Kier alpha value is -6.17. The topological polar surface area (TPSA) is 211 Å². The fourth-order valence-electron chi connectivity index (χ4n) is 9.92. The van der Waals surface area contributed by atoms with E-state index >= 15 is 0 Å². The maximum Gasteiger partial charge on any atom is 0.320 e. The van der Waals surface area contributed by atoms with Gasteiger partial charge in [-0.2, -0.15) is 4.98 Å². The average Bonchev–Trinajstić information content (AvgIpc) is 3.73. The van der Waals surface area contributed by atoms with Gasteiger partial charge in [-0.15, -0.1) is 10.2 Å². The Bertz CT molecular complexity index is 2240. The highest BCUT2D eigenvalue weighted by molar-refractivity contribution is 6.23. The second-order valence-corrected chi connectivity index (χ2v) is 17.2. The molecule has 5 fully saturated rings. The SMILES string of the molecule is CN1CCN(C2CCCN(c3nnc(C(N)=O)c(Nc4ccc(C5CCN(CC6CCN(c7ccc8c(c7)C(=O)N(C7CCC(=O)NC7=O)C8=O)CC6)CC5)cc4)n3)C2)C1=O. The van der Waals surface area contributed by atoms with Gasteiger partial charge in [0.1, 0.15) is 6.04 Å². The molecule has 7 amide bonds. The van der Waals surface area contributed by atoms with Crippen LogP contribution in [0.1, 0.15) is 94.1 Å². The number of aromatic nitrogens is 3. The van der Waals surface area contributed by atoms with E-state index in [2.05, 4.69) is 42.8 Å². The number of nitrogens with two attached hydrogens (primary N) is 1. The van der Waals surface area contributed by atoms with E-state index in [0.29, 0.717) is 48.5 Å². The molecule has 0 saturated carbocycles. The quantitative estimate of drug-likeness (QED) is 0.251. The van der Waals surface area contributed by atoms with E-state index < -0.39 is 35.6 Å². The third-order valence-corrected chi connectivity index (χ3v) is 13.4. The number of carbonyl (C=O) groups is 6. The van der Waals surface area contributed by atoms with Gasteiger partial charge in [0.15, 0.2) is 11.5 Å². The number of fused-ring (bicyclic) bond motifs is 1. The molecule has 6 aliphatic rings. The molecule has 0 radical (unpaired) electrons. The zero-order valence-corrected chi connectivity index (χ0v) is 34.4. The molecule has 5 saturated heterocycles. The number of nitrogens with zero attached hydrogens (tertiary/aromatic N) is 9. The lowest BCUT2D eigenvalue weighted by Crippen LogP contribution is -2.54. The Morgan fingerprint density at radius 3 is 2.28 bits per heavy atom. The molecule has 61 heavy (non-hydrogen) atoms. The summed E-state index contributed by atoms with van der Waals surface area (Å²) in [4.78, 5) is 91.8. The minimum absolute atomic E-state index is 0.0340. The zero-order valence-electron chi connectivity index (χ0n) is 34.4. The third-order valence-electron chi connectivity index (χ3n) is 13.4. The fraction of sp³-hybridized carbons (Fsp3) is 0.512. The lowest BCUT2D eigenvalue weighted by Gasteiger charge is -2.38. The Kier molecular flexibility index (Phi) is 11.0. The Morgan fingerprint density at radius 2 is 1.57 bits per heavy atom. The van der Waals surface area contributed by atoms with Crippen molar-refractivity contribution in [3.63, 3.8) is 0 Å². The first kappa shape index (κ1) is 40.2. The fourth-order valence-corrected chi connectivity index (χ4v) is 9.92. The maximum absolute atomic E-state index is 13.4. The second kappa shape index (κ2) is 16.7. The maximum atomic E-state index is 13.4. The van der Waals surface area contributed by atoms with Crippen LogP contribution in [0.3, 0.4) is 0 Å². The molecule has 2 unspecified atom stereocenters. The second-order valence-electron chi connectivity index (χ2n) is 17.2. The van der Waals surface area contributed by atoms with Gasteiger partial charge in [-0.1, -0.05) is 12.1 Å². The molecule has 2 aromatic carbocycles. The number of urea groups is 1. The van der Waals surface area contributed by atoms with Gasteiger partial charge in [0.2, 0.25) is 17.8 Å². The molecule has 9 rings (SSSR count). The number of rotatable bonds is 10. The van der Waals surface area contributed by atoms with Crippen molar-refractivity contribution in [3.05, 3.63) is 64.8 Å². The van der Waals surface area contributed by atoms with Gasteiger partial charge in [-0.05, 0) is 106 Å². The van der Waals surface area contributed by atoms with Crippen molar-refractivity contribution in [2.24, 2.45) is 11.7 Å². The van der Waals surface area contributed by atoms with E-state index in [1.807, 2.05) is 35.0 Å². The number of piperidine rings is 4. The molecule has 6 aliphatic heterocycles. The largest absolute Gasteiger partial charge is 0.371 e. The highest BCUT2D eigenvalue weighted by Crippen LogP contribution is 2.34. The lowest BCUT2D eigenvalue weighted by atomic mass is 9.88. The van der Waals surface area contributed by atoms with Crippen molar-refractivity contribution >= 4 is 58.7 Å². The molecule has 18 heteroatoms. The summed E-state index contributed by atoms with van der Waals surface area (Å²) in [5.74, 6) is -1.04. The summed E-state index contributed by atoms with van der Waals surface area (Å²) in [7, 11) is 1.82. The number of hydrogen-bond acceptors (Lipinski definition) is 13. The average molecular weight is 833 g/mol. The third kappa shape index (κ3) is 8.07. The summed E-state index contributed by atoms with van der Waals surface area (Å²) < 4.78 is 0. The Morgan fingerprint density at radius 1 is 0.820 bits per heavy atom. The van der Waals surface area contributed by atoms with Gasteiger partial charge in [-0.3, -0.25) is 34.2 Å². The highest BCUT2D eigenvalue weighted by atomic mass is 16.2. The molecular weight excluding hydrogens is 781 g/mol. The van der Waals surface area contributed by atoms with Crippen molar-refractivity contribution in [2.75, 3.05) is 81.1 Å². The van der Waals surface area contributed by atoms with Crippen molar-refractivity contribution in [1.82, 2.24) is 40.1 Å². The van der Waals surface area contributed by atoms with E-state index in [9.17, 15) is 28.8 Å². The van der Waals surface area contributed by atoms with Crippen molar-refractivity contribution < 1.29 is 28.8 Å². The normalized spacial score (nSPS) is 23.2. The molecule has 2 atom stereocenters. The summed E-state index contributed by atoms with van der Waals surface area (Å²) in [6, 6.07) is 12.7. The number of benzene rings is 2. The molecule has 1 aromatic heterocycles. The van der Waals surface area contributed by atoms with Crippen LogP contribution in [0, 0.1) is 5.92 Å². The minimum Gasteiger partial charge on any atom is -0.371 e. The summed E-state index contributed by atoms with van der Waals surface area (Å²) >= 11 is 0. The number of carbonyl (C=O) groups excluding carboxylic acids is 6. The monoisotopic (exact) mass is 832 g/mol. The van der Waals surface area contributed by atoms with E-state index in [1.165, 1.54) is 5.56 Å². The van der Waals surface area contributed by atoms with Crippen molar-refractivity contribution in [2.45, 2.75) is 69.4 Å². The number of nitrogens with one attached hydrogen (secondary N) is 2. The van der Waals surface area contributed by atoms with Crippen LogP contribution >= 0.6 is 0 Å². The zero-order chi connectivity index (χ0) is 42.4. The molecule has 0 bridgehead atoms. The van der Waals surface area contributed by atoms with Gasteiger partial charge in [0.05, 0.1) is 17.2 Å². The number of amides is 7. The van der Waals surface area contributed by atoms with Crippen molar-refractivity contribution in [3.8, 4) is 0 Å². The Labute approximate surface area is 353 Å². The first-order valence-electron chi connectivity index (χ1n) is 21.5. The van der Waals surface area contributed by atoms with Gasteiger partial charge < -0.3 is 35.6 Å². The van der Waals surface area contributed by atoms with Crippen LogP contribution in [-0.2, 0) is 9.59 Å². The highest BCUT2D eigenvalue weighted by Gasteiger charge is 2.45. The predicted octanol–water partition coefficient (Wildman–Crippen LogP) is 2.55. The van der Waals surface area contributed by atoms with E-state index in [1.54, 1.807) is 17.0 Å². The van der Waals surface area contributed by atoms with E-state index in [4.69, 9.17) is 10.7 Å². The van der Waals surface area contributed by atoms with E-state index in [0.717, 1.165) is 94.1 Å². The molecule has 4 N–H and O–H groups in total. The number of likely N-dealkylation sites (N-methyl/N-ethyl adjacent to an activating group) is 1. The van der Waals surface area contributed by atoms with Gasteiger partial charge >= 0.3 is 6.03 Å². The van der Waals surface area contributed by atoms with Gasteiger partial charge in [-0.25, -0.2) is 4.79 Å². The number of likely N-dealkylation sites (tertiary alicyclic amines) is 1. The lowest BCUT2D eigenvalue weighted by molar-refractivity contribution is -0.136.